The van der Waals surface area contributed by atoms with Crippen LogP contribution in [0.5, 0.6) is 0 Å². The van der Waals surface area contributed by atoms with Gasteiger partial charge in [0.15, 0.2) is 0 Å². The van der Waals surface area contributed by atoms with Gasteiger partial charge < -0.3 is 10.2 Å². The van der Waals surface area contributed by atoms with Gasteiger partial charge in [-0.15, -0.1) is 0 Å². The number of nitrogens with one attached hydrogen (secondary N) is 1. The highest BCUT2D eigenvalue weighted by atomic mass is 16.7. The Balaban J connectivity index is 1.75. The minimum atomic E-state index is -0.0331. The van der Waals surface area contributed by atoms with Gasteiger partial charge in [-0.2, -0.15) is 0 Å². The molecule has 0 saturated carbocycles. The van der Waals surface area contributed by atoms with Crippen molar-refractivity contribution in [2.24, 2.45) is 5.16 Å². The highest BCUT2D eigenvalue weighted by Gasteiger charge is 2.39. The molecule has 2 aliphatic heterocycles. The first-order chi connectivity index (χ1) is 8.38. The molecule has 1 spiro atoms. The fourth-order valence-electron chi connectivity index (χ4n) is 2.68. The van der Waals surface area contributed by atoms with E-state index in [1.165, 1.54) is 12.0 Å². The number of oxime groups is 1. The van der Waals surface area contributed by atoms with Crippen molar-refractivity contribution in [2.75, 3.05) is 13.1 Å². The Labute approximate surface area is 102 Å². The van der Waals surface area contributed by atoms with Crippen molar-refractivity contribution in [3.63, 3.8) is 0 Å². The molecule has 17 heavy (non-hydrogen) atoms. The van der Waals surface area contributed by atoms with Gasteiger partial charge >= 0.3 is 0 Å². The van der Waals surface area contributed by atoms with Crippen molar-refractivity contribution in [1.82, 2.24) is 5.32 Å². The van der Waals surface area contributed by atoms with Crippen LogP contribution in [0.1, 0.15) is 31.2 Å². The van der Waals surface area contributed by atoms with Crippen LogP contribution < -0.4 is 5.32 Å². The largest absolute Gasteiger partial charge is 0.389 e. The van der Waals surface area contributed by atoms with Gasteiger partial charge in [0.05, 0.1) is 5.71 Å². The average molecular weight is 230 g/mol. The minimum absolute atomic E-state index is 0.0331. The fourth-order valence-corrected chi connectivity index (χ4v) is 2.68. The molecule has 0 bridgehead atoms. The maximum absolute atomic E-state index is 5.78. The molecular formula is C14H18N2O. The summed E-state index contributed by atoms with van der Waals surface area (Å²) < 4.78 is 0. The molecule has 1 N–H and O–H groups in total. The van der Waals surface area contributed by atoms with Gasteiger partial charge in [-0.05, 0) is 31.5 Å². The van der Waals surface area contributed by atoms with Crippen molar-refractivity contribution in [1.29, 1.82) is 0 Å². The number of benzene rings is 1. The van der Waals surface area contributed by atoms with Crippen molar-refractivity contribution < 1.29 is 4.84 Å². The molecule has 0 aromatic heterocycles. The number of hydrogen-bond donors (Lipinski definition) is 1. The third-order valence-electron chi connectivity index (χ3n) is 3.69. The predicted molar refractivity (Wildman–Crippen MR) is 68.1 cm³/mol. The van der Waals surface area contributed by atoms with Gasteiger partial charge in [0.25, 0.3) is 0 Å². The molecule has 1 atom stereocenters. The first-order valence-electron chi connectivity index (χ1n) is 6.39. The third kappa shape index (κ3) is 2.20. The Bertz CT molecular complexity index is 405. The van der Waals surface area contributed by atoms with E-state index in [4.69, 9.17) is 4.84 Å². The summed E-state index contributed by atoms with van der Waals surface area (Å²) in [7, 11) is 0. The first-order valence-corrected chi connectivity index (χ1v) is 6.39. The second-order valence-corrected chi connectivity index (χ2v) is 4.96. The molecule has 1 aromatic carbocycles. The quantitative estimate of drug-likeness (QED) is 0.803. The first kappa shape index (κ1) is 10.8. The molecule has 2 heterocycles. The monoisotopic (exact) mass is 230 g/mol. The Hall–Kier alpha value is -1.35. The van der Waals surface area contributed by atoms with Crippen LogP contribution in [0.3, 0.4) is 0 Å². The lowest BCUT2D eigenvalue weighted by Gasteiger charge is -2.24. The summed E-state index contributed by atoms with van der Waals surface area (Å²) >= 11 is 0. The lowest BCUT2D eigenvalue weighted by atomic mass is 9.88. The van der Waals surface area contributed by atoms with Crippen LogP contribution in [0.25, 0.3) is 0 Å². The van der Waals surface area contributed by atoms with E-state index in [-0.39, 0.29) is 5.60 Å². The summed E-state index contributed by atoms with van der Waals surface area (Å²) in [6, 6.07) is 10.4. The van der Waals surface area contributed by atoms with E-state index in [0.29, 0.717) is 0 Å². The maximum Gasteiger partial charge on any atom is 0.144 e. The van der Waals surface area contributed by atoms with Crippen LogP contribution in [0.4, 0.5) is 0 Å². The maximum atomic E-state index is 5.78. The van der Waals surface area contributed by atoms with Gasteiger partial charge in [-0.25, -0.2) is 0 Å². The molecule has 1 unspecified atom stereocenters. The smallest absolute Gasteiger partial charge is 0.144 e. The zero-order valence-corrected chi connectivity index (χ0v) is 9.98. The van der Waals surface area contributed by atoms with Crippen LogP contribution >= 0.6 is 0 Å². The Morgan fingerprint density at radius 2 is 2.00 bits per heavy atom. The number of nitrogens with zero attached hydrogens (tertiary/aromatic N) is 1. The third-order valence-corrected chi connectivity index (χ3v) is 3.69. The molecule has 1 aromatic rings. The average Bonchev–Trinajstić information content (AvgIpc) is 2.65. The molecule has 3 nitrogen and oxygen atoms in total. The van der Waals surface area contributed by atoms with Crippen molar-refractivity contribution in [3.05, 3.63) is 35.9 Å². The van der Waals surface area contributed by atoms with Crippen LogP contribution in [0, 0.1) is 0 Å². The summed E-state index contributed by atoms with van der Waals surface area (Å²) in [6.45, 7) is 2.14. The van der Waals surface area contributed by atoms with E-state index in [1.807, 2.05) is 6.07 Å². The van der Waals surface area contributed by atoms with Crippen LogP contribution in [-0.4, -0.2) is 24.4 Å². The summed E-state index contributed by atoms with van der Waals surface area (Å²) in [4.78, 5) is 5.78. The molecule has 1 fully saturated rings. The molecular weight excluding hydrogens is 212 g/mol. The van der Waals surface area contributed by atoms with Gasteiger partial charge in [0, 0.05) is 12.8 Å². The Morgan fingerprint density at radius 1 is 1.12 bits per heavy atom. The fraction of sp³-hybridized carbons (Fsp3) is 0.500. The summed E-state index contributed by atoms with van der Waals surface area (Å²) in [5.74, 6) is 0. The number of hydrogen-bond acceptors (Lipinski definition) is 3. The highest BCUT2D eigenvalue weighted by molar-refractivity contribution is 6.01. The van der Waals surface area contributed by atoms with Crippen molar-refractivity contribution in [2.45, 2.75) is 31.3 Å². The predicted octanol–water partition coefficient (Wildman–Crippen LogP) is 2.32. The molecule has 0 aliphatic carbocycles. The van der Waals surface area contributed by atoms with Gasteiger partial charge in [-0.1, -0.05) is 35.5 Å². The van der Waals surface area contributed by atoms with E-state index in [1.54, 1.807) is 0 Å². The second-order valence-electron chi connectivity index (χ2n) is 4.96. The lowest BCUT2D eigenvalue weighted by molar-refractivity contribution is -0.0274. The number of rotatable bonds is 1. The van der Waals surface area contributed by atoms with Crippen LogP contribution in [0.15, 0.2) is 35.5 Å². The molecule has 0 amide bonds. The summed E-state index contributed by atoms with van der Waals surface area (Å²) in [6.07, 6.45) is 4.31. The van der Waals surface area contributed by atoms with Crippen molar-refractivity contribution in [3.8, 4) is 0 Å². The van der Waals surface area contributed by atoms with Gasteiger partial charge in [-0.3, -0.25) is 0 Å². The zero-order chi connectivity index (χ0) is 11.6. The molecule has 1 saturated heterocycles. The Morgan fingerprint density at radius 3 is 2.88 bits per heavy atom. The molecule has 2 aliphatic rings. The topological polar surface area (TPSA) is 33.6 Å². The van der Waals surface area contributed by atoms with E-state index >= 15 is 0 Å². The van der Waals surface area contributed by atoms with Gasteiger partial charge in [0.1, 0.15) is 5.60 Å². The lowest BCUT2D eigenvalue weighted by Crippen LogP contribution is -2.30. The Kier molecular flexibility index (Phi) is 2.85. The molecule has 90 valence electrons. The SMILES string of the molecule is c1ccc(C2=NOC3(CCCNCC3)C2)cc1. The van der Waals surface area contributed by atoms with E-state index < -0.39 is 0 Å². The summed E-state index contributed by atoms with van der Waals surface area (Å²) in [5, 5.41) is 7.74. The molecule has 0 radical (unpaired) electrons. The second kappa shape index (κ2) is 4.49. The van der Waals surface area contributed by atoms with Crippen LogP contribution in [-0.2, 0) is 4.84 Å². The van der Waals surface area contributed by atoms with E-state index in [9.17, 15) is 0 Å². The van der Waals surface area contributed by atoms with Gasteiger partial charge in [0.2, 0.25) is 0 Å². The molecule has 3 heteroatoms. The molecule has 3 rings (SSSR count). The minimum Gasteiger partial charge on any atom is -0.389 e. The van der Waals surface area contributed by atoms with Crippen molar-refractivity contribution >= 4 is 5.71 Å². The standard InChI is InChI=1S/C14H18N2O/c1-2-5-12(6-3-1)13-11-14(17-16-13)7-4-9-15-10-8-14/h1-3,5-6,15H,4,7-11H2. The highest BCUT2D eigenvalue weighted by Crippen LogP contribution is 2.34. The summed E-state index contributed by atoms with van der Waals surface area (Å²) in [5.41, 5.74) is 2.27. The van der Waals surface area contributed by atoms with E-state index in [2.05, 4.69) is 34.7 Å². The van der Waals surface area contributed by atoms with Crippen LogP contribution in [0.2, 0.25) is 0 Å². The normalized spacial score (nSPS) is 28.6. The van der Waals surface area contributed by atoms with E-state index in [0.717, 1.165) is 38.1 Å². The zero-order valence-electron chi connectivity index (χ0n) is 9.98.